The first-order valence-electron chi connectivity index (χ1n) is 6.58. The number of hydrogen-bond acceptors (Lipinski definition) is 4. The fourth-order valence-corrected chi connectivity index (χ4v) is 2.69. The van der Waals surface area contributed by atoms with Crippen molar-refractivity contribution in [2.24, 2.45) is 0 Å². The number of amides is 2. The van der Waals surface area contributed by atoms with Gasteiger partial charge in [-0.1, -0.05) is 0 Å². The Morgan fingerprint density at radius 3 is 2.85 bits per heavy atom. The number of carbonyl (C=O) groups is 2. The molecule has 1 atom stereocenters. The van der Waals surface area contributed by atoms with Gasteiger partial charge in [-0.25, -0.2) is 0 Å². The predicted molar refractivity (Wildman–Crippen MR) is 73.9 cm³/mol. The SMILES string of the molecule is COc1ccc2c(c1)C(=O)N1CCN(C)CC1C(=O)N2. The van der Waals surface area contributed by atoms with Gasteiger partial charge in [0.15, 0.2) is 0 Å². The highest BCUT2D eigenvalue weighted by Crippen LogP contribution is 2.28. The molecule has 2 aliphatic heterocycles. The van der Waals surface area contributed by atoms with Crippen LogP contribution in [0.15, 0.2) is 18.2 Å². The van der Waals surface area contributed by atoms with Crippen LogP contribution in [-0.2, 0) is 4.79 Å². The Bertz CT molecular complexity index is 573. The number of methoxy groups -OCH3 is 1. The number of ether oxygens (including phenoxy) is 1. The maximum Gasteiger partial charge on any atom is 0.256 e. The Morgan fingerprint density at radius 1 is 1.30 bits per heavy atom. The number of fused-ring (bicyclic) bond motifs is 2. The first kappa shape index (κ1) is 12.9. The number of benzene rings is 1. The van der Waals surface area contributed by atoms with E-state index in [1.54, 1.807) is 30.2 Å². The first-order valence-corrected chi connectivity index (χ1v) is 6.58. The van der Waals surface area contributed by atoms with Gasteiger partial charge in [-0.05, 0) is 25.2 Å². The molecule has 6 nitrogen and oxygen atoms in total. The van der Waals surface area contributed by atoms with Gasteiger partial charge in [0.05, 0.1) is 18.4 Å². The minimum Gasteiger partial charge on any atom is -0.497 e. The van der Waals surface area contributed by atoms with Gasteiger partial charge in [0.25, 0.3) is 5.91 Å². The molecule has 2 aliphatic rings. The smallest absolute Gasteiger partial charge is 0.256 e. The Hall–Kier alpha value is -2.08. The van der Waals surface area contributed by atoms with Gasteiger partial charge in [0.2, 0.25) is 5.91 Å². The Morgan fingerprint density at radius 2 is 2.10 bits per heavy atom. The number of anilines is 1. The van der Waals surface area contributed by atoms with Gasteiger partial charge in [-0.2, -0.15) is 0 Å². The number of piperazine rings is 1. The number of likely N-dealkylation sites (N-methyl/N-ethyl adjacent to an activating group) is 1. The molecule has 0 bridgehead atoms. The maximum atomic E-state index is 12.7. The lowest BCUT2D eigenvalue weighted by Crippen LogP contribution is -2.57. The van der Waals surface area contributed by atoms with E-state index in [0.717, 1.165) is 6.54 Å². The van der Waals surface area contributed by atoms with Crippen LogP contribution >= 0.6 is 0 Å². The summed E-state index contributed by atoms with van der Waals surface area (Å²) >= 11 is 0. The molecule has 20 heavy (non-hydrogen) atoms. The van der Waals surface area contributed by atoms with Crippen molar-refractivity contribution in [1.29, 1.82) is 0 Å². The molecule has 2 heterocycles. The van der Waals surface area contributed by atoms with E-state index in [1.807, 2.05) is 7.05 Å². The number of nitrogens with zero attached hydrogens (tertiary/aromatic N) is 2. The molecule has 6 heteroatoms. The topological polar surface area (TPSA) is 61.9 Å². The van der Waals surface area contributed by atoms with Gasteiger partial charge < -0.3 is 19.9 Å². The lowest BCUT2D eigenvalue weighted by Gasteiger charge is -2.37. The molecule has 1 fully saturated rings. The lowest BCUT2D eigenvalue weighted by molar-refractivity contribution is -0.122. The van der Waals surface area contributed by atoms with Crippen molar-refractivity contribution in [3.8, 4) is 5.75 Å². The second kappa shape index (κ2) is 4.79. The zero-order chi connectivity index (χ0) is 14.3. The average Bonchev–Trinajstić information content (AvgIpc) is 2.55. The summed E-state index contributed by atoms with van der Waals surface area (Å²) in [4.78, 5) is 28.7. The molecule has 1 aromatic rings. The third-order valence-corrected chi connectivity index (χ3v) is 3.86. The van der Waals surface area contributed by atoms with Crippen LogP contribution in [-0.4, -0.2) is 61.4 Å². The predicted octanol–water partition coefficient (Wildman–Crippen LogP) is 0.403. The van der Waals surface area contributed by atoms with Gasteiger partial charge in [-0.15, -0.1) is 0 Å². The number of rotatable bonds is 1. The normalized spacial score (nSPS) is 22.7. The van der Waals surface area contributed by atoms with Crippen LogP contribution in [0.25, 0.3) is 0 Å². The average molecular weight is 275 g/mol. The van der Waals surface area contributed by atoms with Crippen LogP contribution < -0.4 is 10.1 Å². The molecule has 106 valence electrons. The van der Waals surface area contributed by atoms with Crippen LogP contribution in [0.3, 0.4) is 0 Å². The standard InChI is InChI=1S/C14H17N3O3/c1-16-5-6-17-12(8-16)13(18)15-11-4-3-9(20-2)7-10(11)14(17)19/h3-4,7,12H,5-6,8H2,1-2H3,(H,15,18). The highest BCUT2D eigenvalue weighted by molar-refractivity contribution is 6.10. The van der Waals surface area contributed by atoms with Crippen LogP contribution in [0.1, 0.15) is 10.4 Å². The first-order chi connectivity index (χ1) is 9.60. The Balaban J connectivity index is 2.03. The van der Waals surface area contributed by atoms with Gasteiger partial charge in [0, 0.05) is 19.6 Å². The summed E-state index contributed by atoms with van der Waals surface area (Å²) in [5, 5.41) is 2.84. The molecule has 0 aromatic heterocycles. The second-order valence-electron chi connectivity index (χ2n) is 5.18. The minimum atomic E-state index is -0.431. The van der Waals surface area contributed by atoms with Crippen LogP contribution in [0.2, 0.25) is 0 Å². The fourth-order valence-electron chi connectivity index (χ4n) is 2.69. The van der Waals surface area contributed by atoms with Crippen molar-refractivity contribution in [2.45, 2.75) is 6.04 Å². The van der Waals surface area contributed by atoms with E-state index >= 15 is 0 Å². The summed E-state index contributed by atoms with van der Waals surface area (Å²) in [5.74, 6) is 0.364. The highest BCUT2D eigenvalue weighted by Gasteiger charge is 2.38. The molecular formula is C14H17N3O3. The summed E-state index contributed by atoms with van der Waals surface area (Å²) in [7, 11) is 3.51. The fraction of sp³-hybridized carbons (Fsp3) is 0.429. The van der Waals surface area contributed by atoms with Crippen LogP contribution in [0.5, 0.6) is 5.75 Å². The largest absolute Gasteiger partial charge is 0.497 e. The monoisotopic (exact) mass is 275 g/mol. The van der Waals surface area contributed by atoms with E-state index in [4.69, 9.17) is 4.74 Å². The Labute approximate surface area is 117 Å². The molecule has 1 aromatic carbocycles. The van der Waals surface area contributed by atoms with E-state index in [9.17, 15) is 9.59 Å². The van der Waals surface area contributed by atoms with Crippen molar-refractivity contribution < 1.29 is 14.3 Å². The van der Waals surface area contributed by atoms with E-state index in [2.05, 4.69) is 10.2 Å². The van der Waals surface area contributed by atoms with E-state index in [-0.39, 0.29) is 11.8 Å². The molecule has 0 spiro atoms. The Kier molecular flexibility index (Phi) is 3.10. The van der Waals surface area contributed by atoms with Gasteiger partial charge in [-0.3, -0.25) is 9.59 Å². The zero-order valence-electron chi connectivity index (χ0n) is 11.5. The molecule has 0 aliphatic carbocycles. The maximum absolute atomic E-state index is 12.7. The quantitative estimate of drug-likeness (QED) is 0.806. The molecule has 1 N–H and O–H groups in total. The summed E-state index contributed by atoms with van der Waals surface area (Å²) in [6.45, 7) is 1.89. The van der Waals surface area contributed by atoms with Crippen molar-refractivity contribution in [1.82, 2.24) is 9.80 Å². The minimum absolute atomic E-state index is 0.115. The van der Waals surface area contributed by atoms with Gasteiger partial charge >= 0.3 is 0 Å². The van der Waals surface area contributed by atoms with E-state index < -0.39 is 6.04 Å². The third-order valence-electron chi connectivity index (χ3n) is 3.86. The summed E-state index contributed by atoms with van der Waals surface area (Å²) in [6.07, 6.45) is 0. The molecule has 2 amide bonds. The van der Waals surface area contributed by atoms with Crippen molar-refractivity contribution in [2.75, 3.05) is 39.1 Å². The highest BCUT2D eigenvalue weighted by atomic mass is 16.5. The molecule has 0 radical (unpaired) electrons. The van der Waals surface area contributed by atoms with Gasteiger partial charge in [0.1, 0.15) is 11.8 Å². The number of hydrogen-bond donors (Lipinski definition) is 1. The molecule has 0 saturated carbocycles. The van der Waals surface area contributed by atoms with Crippen molar-refractivity contribution >= 4 is 17.5 Å². The van der Waals surface area contributed by atoms with E-state index in [0.29, 0.717) is 30.1 Å². The second-order valence-corrected chi connectivity index (χ2v) is 5.18. The molecule has 1 saturated heterocycles. The summed E-state index contributed by atoms with van der Waals surface area (Å²) < 4.78 is 5.16. The lowest BCUT2D eigenvalue weighted by atomic mass is 10.1. The van der Waals surface area contributed by atoms with Crippen molar-refractivity contribution in [3.05, 3.63) is 23.8 Å². The molecular weight excluding hydrogens is 258 g/mol. The van der Waals surface area contributed by atoms with Crippen LogP contribution in [0.4, 0.5) is 5.69 Å². The third kappa shape index (κ3) is 2.02. The molecule has 3 rings (SSSR count). The molecule has 1 unspecified atom stereocenters. The van der Waals surface area contributed by atoms with Crippen molar-refractivity contribution in [3.63, 3.8) is 0 Å². The van der Waals surface area contributed by atoms with E-state index in [1.165, 1.54) is 0 Å². The summed E-state index contributed by atoms with van der Waals surface area (Å²) in [5.41, 5.74) is 1.04. The number of nitrogens with one attached hydrogen (secondary N) is 1. The van der Waals surface area contributed by atoms with Crippen LogP contribution in [0, 0.1) is 0 Å². The summed E-state index contributed by atoms with van der Waals surface area (Å²) in [6, 6.07) is 4.70. The number of carbonyl (C=O) groups excluding carboxylic acids is 2. The zero-order valence-corrected chi connectivity index (χ0v) is 11.5.